The Kier molecular flexibility index (Phi) is 6.24. The van der Waals surface area contributed by atoms with Gasteiger partial charge in [-0.1, -0.05) is 30.8 Å². The average Bonchev–Trinajstić information content (AvgIpc) is 2.99. The minimum atomic E-state index is -0.301. The largest absolute Gasteiger partial charge is 0.497 e. The molecule has 0 aromatic heterocycles. The fourth-order valence-electron chi connectivity index (χ4n) is 2.60. The van der Waals surface area contributed by atoms with E-state index in [-0.39, 0.29) is 17.0 Å². The number of carbonyl (C=O) groups is 1. The number of carbonyl (C=O) groups excluding carboxylic acids is 1. The Morgan fingerprint density at radius 1 is 1.19 bits per heavy atom. The molecule has 1 fully saturated rings. The van der Waals surface area contributed by atoms with Crippen LogP contribution in [-0.4, -0.2) is 34.5 Å². The van der Waals surface area contributed by atoms with Crippen LogP contribution in [0.1, 0.15) is 24.5 Å². The highest BCUT2D eigenvalue weighted by molar-refractivity contribution is 8.15. The molecule has 1 amide bonds. The van der Waals surface area contributed by atoms with E-state index in [1.54, 1.807) is 30.4 Å². The number of methoxy groups -OCH3 is 1. The van der Waals surface area contributed by atoms with Crippen LogP contribution in [0.3, 0.4) is 0 Å². The maximum atomic E-state index is 13.1. The van der Waals surface area contributed by atoms with Gasteiger partial charge in [-0.25, -0.2) is 4.39 Å². The van der Waals surface area contributed by atoms with Gasteiger partial charge in [0.15, 0.2) is 5.17 Å². The summed E-state index contributed by atoms with van der Waals surface area (Å²) in [5.74, 6) is 0.474. The molecule has 1 saturated heterocycles. The second kappa shape index (κ2) is 8.81. The molecule has 1 aliphatic heterocycles. The average molecular weight is 385 g/mol. The van der Waals surface area contributed by atoms with Crippen molar-refractivity contribution in [1.29, 1.82) is 0 Å². The van der Waals surface area contributed by atoms with E-state index in [1.807, 2.05) is 31.2 Å². The Balaban J connectivity index is 1.77. The Bertz CT molecular complexity index is 851. The van der Waals surface area contributed by atoms with Crippen molar-refractivity contribution in [2.45, 2.75) is 25.1 Å². The summed E-state index contributed by atoms with van der Waals surface area (Å²) in [6, 6.07) is 13.6. The predicted molar refractivity (Wildman–Crippen MR) is 107 cm³/mol. The number of halogens is 1. The van der Waals surface area contributed by atoms with Crippen LogP contribution in [0.5, 0.6) is 5.75 Å². The number of amides is 1. The minimum absolute atomic E-state index is 0.00484. The fraction of sp³-hybridized carbons (Fsp3) is 0.250. The van der Waals surface area contributed by atoms with Crippen molar-refractivity contribution in [1.82, 2.24) is 4.90 Å². The first kappa shape index (κ1) is 19.1. The molecule has 1 unspecified atom stereocenters. The van der Waals surface area contributed by atoms with E-state index < -0.39 is 0 Å². The summed E-state index contributed by atoms with van der Waals surface area (Å²) >= 11 is 1.41. The topological polar surface area (TPSA) is 54.3 Å². The molecule has 0 bridgehead atoms. The lowest BCUT2D eigenvalue weighted by atomic mass is 10.2. The fourth-order valence-corrected chi connectivity index (χ4v) is 3.62. The van der Waals surface area contributed by atoms with Gasteiger partial charge in [0.25, 0.3) is 0 Å². The summed E-state index contributed by atoms with van der Waals surface area (Å²) in [4.78, 5) is 14.2. The Labute approximate surface area is 161 Å². The lowest BCUT2D eigenvalue weighted by Crippen LogP contribution is -2.31. The number of hydrogen-bond acceptors (Lipinski definition) is 5. The van der Waals surface area contributed by atoms with Crippen molar-refractivity contribution >= 4 is 29.1 Å². The Morgan fingerprint density at radius 3 is 2.52 bits per heavy atom. The lowest BCUT2D eigenvalue weighted by Gasteiger charge is -2.15. The van der Waals surface area contributed by atoms with Gasteiger partial charge in [0.05, 0.1) is 25.1 Å². The molecule has 0 saturated carbocycles. The van der Waals surface area contributed by atoms with Gasteiger partial charge in [0, 0.05) is 0 Å². The highest BCUT2D eigenvalue weighted by atomic mass is 32.2. The van der Waals surface area contributed by atoms with Gasteiger partial charge in [-0.2, -0.15) is 5.10 Å². The van der Waals surface area contributed by atoms with Crippen LogP contribution in [0.25, 0.3) is 0 Å². The smallest absolute Gasteiger partial charge is 0.242 e. The molecule has 0 radical (unpaired) electrons. The number of benzene rings is 2. The first-order chi connectivity index (χ1) is 13.1. The predicted octanol–water partition coefficient (Wildman–Crippen LogP) is 4.08. The van der Waals surface area contributed by atoms with Crippen molar-refractivity contribution in [2.24, 2.45) is 10.2 Å². The highest BCUT2D eigenvalue weighted by Crippen LogP contribution is 2.30. The molecule has 7 heteroatoms. The summed E-state index contributed by atoms with van der Waals surface area (Å²) in [6.45, 7) is 2.31. The second-order valence-electron chi connectivity index (χ2n) is 5.97. The van der Waals surface area contributed by atoms with Crippen LogP contribution in [0.15, 0.2) is 58.7 Å². The van der Waals surface area contributed by atoms with Crippen molar-refractivity contribution in [3.63, 3.8) is 0 Å². The molecule has 2 aromatic rings. The van der Waals surface area contributed by atoms with Crippen molar-refractivity contribution in [3.8, 4) is 5.75 Å². The highest BCUT2D eigenvalue weighted by Gasteiger charge is 2.36. The standard InChI is InChI=1S/C20H20FN3O2S/c1-3-18-19(25)24(13-15-4-8-16(21)9-5-15)20(27-18)23-22-12-14-6-10-17(26-2)11-7-14/h4-12,18H,3,13H2,1-2H3/b22-12+,23-20+. The van der Waals surface area contributed by atoms with Crippen LogP contribution >= 0.6 is 11.8 Å². The zero-order valence-corrected chi connectivity index (χ0v) is 15.9. The van der Waals surface area contributed by atoms with Gasteiger partial charge < -0.3 is 4.74 Å². The van der Waals surface area contributed by atoms with E-state index in [1.165, 1.54) is 23.9 Å². The molecular weight excluding hydrogens is 365 g/mol. The van der Waals surface area contributed by atoms with E-state index in [0.717, 1.165) is 16.9 Å². The first-order valence-corrected chi connectivity index (χ1v) is 9.46. The van der Waals surface area contributed by atoms with E-state index in [4.69, 9.17) is 4.74 Å². The third-order valence-electron chi connectivity index (χ3n) is 4.11. The van der Waals surface area contributed by atoms with Gasteiger partial charge >= 0.3 is 0 Å². The molecule has 140 valence electrons. The quantitative estimate of drug-likeness (QED) is 0.556. The third kappa shape index (κ3) is 4.74. The van der Waals surface area contributed by atoms with Crippen LogP contribution in [0, 0.1) is 5.82 Å². The third-order valence-corrected chi connectivity index (χ3v) is 5.44. The van der Waals surface area contributed by atoms with Gasteiger partial charge in [0.1, 0.15) is 11.6 Å². The van der Waals surface area contributed by atoms with Gasteiger partial charge in [-0.15, -0.1) is 5.10 Å². The molecule has 2 aromatic carbocycles. The maximum Gasteiger partial charge on any atom is 0.242 e. The number of hydrogen-bond donors (Lipinski definition) is 0. The molecule has 1 atom stereocenters. The van der Waals surface area contributed by atoms with Crippen molar-refractivity contribution < 1.29 is 13.9 Å². The zero-order chi connectivity index (χ0) is 19.2. The van der Waals surface area contributed by atoms with Crippen LogP contribution < -0.4 is 4.74 Å². The molecule has 3 rings (SSSR count). The molecule has 5 nitrogen and oxygen atoms in total. The van der Waals surface area contributed by atoms with Crippen molar-refractivity contribution in [2.75, 3.05) is 7.11 Å². The Morgan fingerprint density at radius 2 is 1.89 bits per heavy atom. The lowest BCUT2D eigenvalue weighted by molar-refractivity contribution is -0.126. The number of ether oxygens (including phenoxy) is 1. The number of amidine groups is 1. The second-order valence-corrected chi connectivity index (χ2v) is 7.14. The van der Waals surface area contributed by atoms with Gasteiger partial charge in [-0.3, -0.25) is 9.69 Å². The van der Waals surface area contributed by atoms with Crippen LogP contribution in [0.2, 0.25) is 0 Å². The molecule has 0 spiro atoms. The molecular formula is C20H20FN3O2S. The number of nitrogens with zero attached hydrogens (tertiary/aromatic N) is 3. The monoisotopic (exact) mass is 385 g/mol. The van der Waals surface area contributed by atoms with Crippen LogP contribution in [-0.2, 0) is 11.3 Å². The minimum Gasteiger partial charge on any atom is -0.497 e. The summed E-state index contributed by atoms with van der Waals surface area (Å²) in [5.41, 5.74) is 1.72. The summed E-state index contributed by atoms with van der Waals surface area (Å²) in [7, 11) is 1.61. The van der Waals surface area contributed by atoms with Gasteiger partial charge in [0.2, 0.25) is 5.91 Å². The molecule has 1 aliphatic rings. The van der Waals surface area contributed by atoms with E-state index >= 15 is 0 Å². The van der Waals surface area contributed by atoms with E-state index in [9.17, 15) is 9.18 Å². The number of thioether (sulfide) groups is 1. The van der Waals surface area contributed by atoms with E-state index in [0.29, 0.717) is 18.1 Å². The SMILES string of the molecule is CCC1S/C(=N/N=C/c2ccc(OC)cc2)N(Cc2ccc(F)cc2)C1=O. The molecule has 1 heterocycles. The summed E-state index contributed by atoms with van der Waals surface area (Å²) in [5, 5.41) is 8.78. The molecule has 0 aliphatic carbocycles. The Hall–Kier alpha value is -2.67. The summed E-state index contributed by atoms with van der Waals surface area (Å²) < 4.78 is 18.2. The molecule has 0 N–H and O–H groups in total. The molecule has 27 heavy (non-hydrogen) atoms. The van der Waals surface area contributed by atoms with Gasteiger partial charge in [-0.05, 0) is 53.9 Å². The zero-order valence-electron chi connectivity index (χ0n) is 15.1. The maximum absolute atomic E-state index is 13.1. The van der Waals surface area contributed by atoms with E-state index in [2.05, 4.69) is 10.2 Å². The van der Waals surface area contributed by atoms with Crippen molar-refractivity contribution in [3.05, 3.63) is 65.5 Å². The number of rotatable bonds is 6. The normalized spacial score (nSPS) is 18.6. The first-order valence-electron chi connectivity index (χ1n) is 8.58. The summed E-state index contributed by atoms with van der Waals surface area (Å²) in [6.07, 6.45) is 2.34. The van der Waals surface area contributed by atoms with Crippen LogP contribution in [0.4, 0.5) is 4.39 Å².